The Morgan fingerprint density at radius 3 is 1.89 bits per heavy atom. The third-order valence-corrected chi connectivity index (χ3v) is 4.08. The van der Waals surface area contributed by atoms with Gasteiger partial charge in [0, 0.05) is 0 Å². The Morgan fingerprint density at radius 1 is 0.893 bits per heavy atom. The van der Waals surface area contributed by atoms with Gasteiger partial charge in [-0.05, 0) is 38.6 Å². The van der Waals surface area contributed by atoms with E-state index in [0.29, 0.717) is 19.4 Å². The summed E-state index contributed by atoms with van der Waals surface area (Å²) in [5, 5.41) is 26.2. The number of nitrogens with one attached hydrogen (secondary N) is 3. The zero-order valence-corrected chi connectivity index (χ0v) is 16.6. The molecule has 0 spiro atoms. The molecule has 0 heterocycles. The summed E-state index contributed by atoms with van der Waals surface area (Å²) < 4.78 is 0. The Kier molecular flexibility index (Phi) is 12.0. The van der Waals surface area contributed by atoms with Gasteiger partial charge in [-0.15, -0.1) is 0 Å². The van der Waals surface area contributed by atoms with Crippen LogP contribution in [0.5, 0.6) is 0 Å². The largest absolute Gasteiger partial charge is 0.480 e. The lowest BCUT2D eigenvalue weighted by Gasteiger charge is -2.27. The van der Waals surface area contributed by atoms with Gasteiger partial charge in [-0.3, -0.25) is 14.4 Å². The molecule has 0 rings (SSSR count). The first-order chi connectivity index (χ1) is 13.0. The predicted octanol–water partition coefficient (Wildman–Crippen LogP) is -2.35. The highest BCUT2D eigenvalue weighted by molar-refractivity contribution is 5.93. The van der Waals surface area contributed by atoms with Crippen LogP contribution in [0.3, 0.4) is 0 Å². The van der Waals surface area contributed by atoms with Crippen molar-refractivity contribution in [3.63, 3.8) is 0 Å². The number of aliphatic hydroxyl groups is 1. The number of carboxylic acids is 1. The second kappa shape index (κ2) is 13.0. The molecule has 0 aromatic rings. The molecule has 162 valence electrons. The van der Waals surface area contributed by atoms with Gasteiger partial charge in [0.05, 0.1) is 12.6 Å². The number of aliphatic hydroxyl groups excluding tert-OH is 1. The van der Waals surface area contributed by atoms with Crippen LogP contribution in [-0.4, -0.2) is 71.2 Å². The normalized spacial score (nSPS) is 15.2. The van der Waals surface area contributed by atoms with Crippen LogP contribution >= 0.6 is 0 Å². The number of carbonyl (C=O) groups is 4. The van der Waals surface area contributed by atoms with E-state index in [2.05, 4.69) is 16.0 Å². The summed E-state index contributed by atoms with van der Waals surface area (Å²) in [5.74, 6) is -3.70. The second-order valence-electron chi connectivity index (χ2n) is 6.90. The zero-order chi connectivity index (χ0) is 21.9. The minimum absolute atomic E-state index is 0.271. The van der Waals surface area contributed by atoms with Crippen LogP contribution in [0.1, 0.15) is 40.0 Å². The standard InChI is InChI=1S/C17H33N5O6/c1-9(2)13(17(27)28)21-16(26)14(10(3)23)22-15(25)11(6-4-5-7-18)20-12(24)8-19/h9-11,13-14,23H,4-8,18-19H2,1-3H3,(H,20,24)(H,21,26)(H,22,25)(H,27,28). The van der Waals surface area contributed by atoms with Crippen molar-refractivity contribution in [2.45, 2.75) is 64.3 Å². The van der Waals surface area contributed by atoms with E-state index in [0.717, 1.165) is 0 Å². The molecule has 0 fully saturated rings. The molecule has 11 heteroatoms. The Balaban J connectivity index is 5.22. The van der Waals surface area contributed by atoms with E-state index in [-0.39, 0.29) is 13.0 Å². The molecule has 0 saturated carbocycles. The van der Waals surface area contributed by atoms with E-state index in [4.69, 9.17) is 11.5 Å². The van der Waals surface area contributed by atoms with Crippen molar-refractivity contribution in [1.82, 2.24) is 16.0 Å². The van der Waals surface area contributed by atoms with Gasteiger partial charge in [0.1, 0.15) is 18.1 Å². The molecule has 4 unspecified atom stereocenters. The summed E-state index contributed by atoms with van der Waals surface area (Å²) in [6, 6.07) is -3.53. The van der Waals surface area contributed by atoms with Crippen molar-refractivity contribution in [2.24, 2.45) is 17.4 Å². The van der Waals surface area contributed by atoms with Crippen molar-refractivity contribution in [3.8, 4) is 0 Å². The fourth-order valence-electron chi connectivity index (χ4n) is 2.43. The lowest BCUT2D eigenvalue weighted by Crippen LogP contribution is -2.59. The molecular weight excluding hydrogens is 370 g/mol. The molecule has 0 bridgehead atoms. The quantitative estimate of drug-likeness (QED) is 0.166. The number of amides is 3. The molecule has 3 amide bonds. The van der Waals surface area contributed by atoms with Crippen molar-refractivity contribution in [3.05, 3.63) is 0 Å². The molecule has 11 nitrogen and oxygen atoms in total. The van der Waals surface area contributed by atoms with Gasteiger partial charge in [0.15, 0.2) is 0 Å². The average molecular weight is 403 g/mol. The Hall–Kier alpha value is -2.24. The van der Waals surface area contributed by atoms with Gasteiger partial charge in [0.25, 0.3) is 0 Å². The van der Waals surface area contributed by atoms with Gasteiger partial charge in [-0.1, -0.05) is 13.8 Å². The number of hydrogen-bond acceptors (Lipinski definition) is 7. The van der Waals surface area contributed by atoms with E-state index in [1.165, 1.54) is 6.92 Å². The van der Waals surface area contributed by atoms with Crippen molar-refractivity contribution in [2.75, 3.05) is 13.1 Å². The molecule has 4 atom stereocenters. The summed E-state index contributed by atoms with van der Waals surface area (Å²) in [5.41, 5.74) is 10.7. The summed E-state index contributed by atoms with van der Waals surface area (Å²) >= 11 is 0. The highest BCUT2D eigenvalue weighted by Crippen LogP contribution is 2.06. The highest BCUT2D eigenvalue weighted by atomic mass is 16.4. The zero-order valence-electron chi connectivity index (χ0n) is 16.6. The van der Waals surface area contributed by atoms with Crippen LogP contribution in [0.2, 0.25) is 0 Å². The molecule has 0 aromatic heterocycles. The molecule has 28 heavy (non-hydrogen) atoms. The number of carboxylic acid groups (broad SMARTS) is 1. The van der Waals surface area contributed by atoms with Crippen molar-refractivity contribution < 1.29 is 29.4 Å². The van der Waals surface area contributed by atoms with Crippen molar-refractivity contribution >= 4 is 23.7 Å². The smallest absolute Gasteiger partial charge is 0.326 e. The first kappa shape index (κ1) is 25.8. The highest BCUT2D eigenvalue weighted by Gasteiger charge is 2.32. The van der Waals surface area contributed by atoms with E-state index < -0.39 is 53.8 Å². The molecule has 0 saturated heterocycles. The number of hydrogen-bond donors (Lipinski definition) is 7. The van der Waals surface area contributed by atoms with E-state index >= 15 is 0 Å². The summed E-state index contributed by atoms with van der Waals surface area (Å²) in [7, 11) is 0. The lowest BCUT2D eigenvalue weighted by atomic mass is 10.0. The average Bonchev–Trinajstić information content (AvgIpc) is 2.61. The maximum atomic E-state index is 12.6. The first-order valence-electron chi connectivity index (χ1n) is 9.26. The fourth-order valence-corrected chi connectivity index (χ4v) is 2.43. The third-order valence-electron chi connectivity index (χ3n) is 4.08. The number of unbranched alkanes of at least 4 members (excludes halogenated alkanes) is 1. The monoisotopic (exact) mass is 403 g/mol. The molecule has 9 N–H and O–H groups in total. The molecule has 0 aliphatic rings. The Labute approximate surface area is 164 Å². The number of carbonyl (C=O) groups excluding carboxylic acids is 3. The van der Waals surface area contributed by atoms with E-state index in [1.54, 1.807) is 13.8 Å². The summed E-state index contributed by atoms with van der Waals surface area (Å²) in [4.78, 5) is 47.8. The summed E-state index contributed by atoms with van der Waals surface area (Å²) in [6.45, 7) is 4.63. The SMILES string of the molecule is CC(C)C(NC(=O)C(NC(=O)C(CCCCN)NC(=O)CN)C(C)O)C(=O)O. The minimum atomic E-state index is -1.39. The number of rotatable bonds is 13. The lowest BCUT2D eigenvalue weighted by molar-refractivity contribution is -0.144. The van der Waals surface area contributed by atoms with Crippen molar-refractivity contribution in [1.29, 1.82) is 0 Å². The number of nitrogens with two attached hydrogens (primary N) is 2. The van der Waals surface area contributed by atoms with Gasteiger partial charge < -0.3 is 37.6 Å². The van der Waals surface area contributed by atoms with Crippen LogP contribution in [0.15, 0.2) is 0 Å². The maximum absolute atomic E-state index is 12.6. The van der Waals surface area contributed by atoms with Crippen LogP contribution in [0.25, 0.3) is 0 Å². The van der Waals surface area contributed by atoms with Gasteiger partial charge in [-0.2, -0.15) is 0 Å². The summed E-state index contributed by atoms with van der Waals surface area (Å²) in [6.07, 6.45) is 0.170. The molecular formula is C17H33N5O6. The van der Waals surface area contributed by atoms with Gasteiger partial charge in [-0.25, -0.2) is 4.79 Å². The van der Waals surface area contributed by atoms with Gasteiger partial charge >= 0.3 is 5.97 Å². The maximum Gasteiger partial charge on any atom is 0.326 e. The number of aliphatic carboxylic acids is 1. The minimum Gasteiger partial charge on any atom is -0.480 e. The van der Waals surface area contributed by atoms with Crippen LogP contribution in [0.4, 0.5) is 0 Å². The van der Waals surface area contributed by atoms with E-state index in [1.807, 2.05) is 0 Å². The van der Waals surface area contributed by atoms with Crippen LogP contribution in [0, 0.1) is 5.92 Å². The van der Waals surface area contributed by atoms with Gasteiger partial charge in [0.2, 0.25) is 17.7 Å². The Bertz CT molecular complexity index is 540. The molecule has 0 aromatic carbocycles. The first-order valence-corrected chi connectivity index (χ1v) is 9.26. The molecule has 0 aliphatic carbocycles. The third kappa shape index (κ3) is 9.11. The van der Waals surface area contributed by atoms with E-state index in [9.17, 15) is 29.4 Å². The fraction of sp³-hybridized carbons (Fsp3) is 0.765. The second-order valence-corrected chi connectivity index (χ2v) is 6.90. The molecule has 0 radical (unpaired) electrons. The topological polar surface area (TPSA) is 197 Å². The molecule has 0 aliphatic heterocycles. The van der Waals surface area contributed by atoms with Crippen LogP contribution < -0.4 is 27.4 Å². The predicted molar refractivity (Wildman–Crippen MR) is 102 cm³/mol. The Morgan fingerprint density at radius 2 is 1.46 bits per heavy atom. The van der Waals surface area contributed by atoms with Crippen LogP contribution in [-0.2, 0) is 19.2 Å².